The molecule has 0 aromatic carbocycles. The van der Waals surface area contributed by atoms with Crippen molar-refractivity contribution in [2.75, 3.05) is 11.1 Å². The number of nitrogen functional groups attached to an aromatic ring is 1. The van der Waals surface area contributed by atoms with E-state index in [1.54, 1.807) is 46.3 Å². The van der Waals surface area contributed by atoms with E-state index in [4.69, 9.17) is 26.8 Å². The van der Waals surface area contributed by atoms with Crippen LogP contribution in [-0.2, 0) is 13.1 Å². The van der Waals surface area contributed by atoms with Crippen molar-refractivity contribution in [3.63, 3.8) is 0 Å². The highest BCUT2D eigenvalue weighted by Gasteiger charge is 2.14. The maximum absolute atomic E-state index is 6.12. The second-order valence-corrected chi connectivity index (χ2v) is 15.5. The van der Waals surface area contributed by atoms with Gasteiger partial charge < -0.3 is 20.5 Å². The fourth-order valence-corrected chi connectivity index (χ4v) is 6.02. The van der Waals surface area contributed by atoms with Gasteiger partial charge in [-0.25, -0.2) is 19.9 Å². The van der Waals surface area contributed by atoms with Crippen molar-refractivity contribution in [2.24, 2.45) is 11.8 Å². The maximum atomic E-state index is 6.12. The van der Waals surface area contributed by atoms with Crippen LogP contribution >= 0.6 is 11.6 Å². The molecule has 0 saturated carbocycles. The lowest BCUT2D eigenvalue weighted by Crippen LogP contribution is -2.04. The third-order valence-electron chi connectivity index (χ3n) is 8.32. The van der Waals surface area contributed by atoms with Crippen molar-refractivity contribution in [1.29, 1.82) is 0 Å². The Bertz CT molecular complexity index is 2640. The van der Waals surface area contributed by atoms with Gasteiger partial charge in [0.25, 0.3) is 0 Å². The molecule has 3 N–H and O–H groups in total. The van der Waals surface area contributed by atoms with Crippen molar-refractivity contribution in [3.05, 3.63) is 138 Å². The van der Waals surface area contributed by atoms with Crippen LogP contribution in [0.1, 0.15) is 50.5 Å². The second-order valence-electron chi connectivity index (χ2n) is 15.1. The Morgan fingerprint density at radius 1 is 0.639 bits per heavy atom. The van der Waals surface area contributed by atoms with Gasteiger partial charge in [0.1, 0.15) is 22.5 Å². The minimum Gasteiger partial charge on any atom is -0.439 e. The molecule has 0 aliphatic carbocycles. The first-order chi connectivity index (χ1) is 29.3. The summed E-state index contributed by atoms with van der Waals surface area (Å²) in [5, 5.41) is 21.0. The van der Waals surface area contributed by atoms with Crippen molar-refractivity contribution in [3.8, 4) is 34.9 Å². The van der Waals surface area contributed by atoms with Crippen LogP contribution in [0, 0.1) is 39.5 Å². The van der Waals surface area contributed by atoms with Gasteiger partial charge >= 0.3 is 0 Å². The predicted molar refractivity (Wildman–Crippen MR) is 237 cm³/mol. The molecule has 16 nitrogen and oxygen atoms in total. The zero-order chi connectivity index (χ0) is 43.5. The number of aryl methyl sites for hydroxylation is 4. The average molecular weight is 843 g/mol. The number of anilines is 3. The molecule has 0 unspecified atom stereocenters. The van der Waals surface area contributed by atoms with Crippen LogP contribution in [0.2, 0.25) is 5.15 Å². The number of nitrogens with one attached hydrogen (secondary N) is 1. The average Bonchev–Trinajstić information content (AvgIpc) is 3.99. The summed E-state index contributed by atoms with van der Waals surface area (Å²) in [6.07, 6.45) is 10.6. The van der Waals surface area contributed by atoms with E-state index in [-0.39, 0.29) is 0 Å². The van der Waals surface area contributed by atoms with Gasteiger partial charge in [0.2, 0.25) is 11.8 Å². The molecule has 0 aliphatic rings. The number of ether oxygens (including phenoxy) is 2. The van der Waals surface area contributed by atoms with Gasteiger partial charge in [0.05, 0.1) is 35.2 Å². The zero-order valence-corrected chi connectivity index (χ0v) is 36.4. The number of pyridine rings is 4. The van der Waals surface area contributed by atoms with Gasteiger partial charge in [0.15, 0.2) is 11.6 Å². The molecule has 8 aromatic heterocycles. The van der Waals surface area contributed by atoms with Gasteiger partial charge in [-0.1, -0.05) is 51.4 Å². The topological polar surface area (TPSA) is 179 Å². The van der Waals surface area contributed by atoms with Gasteiger partial charge in [-0.05, 0) is 75.9 Å². The molecule has 61 heavy (non-hydrogen) atoms. The Morgan fingerprint density at radius 3 is 1.67 bits per heavy atom. The summed E-state index contributed by atoms with van der Waals surface area (Å²) < 4.78 is 19.1. The van der Waals surface area contributed by atoms with Gasteiger partial charge in [-0.2, -0.15) is 29.8 Å². The van der Waals surface area contributed by atoms with E-state index >= 15 is 0 Å². The summed E-state index contributed by atoms with van der Waals surface area (Å²) in [6.45, 7) is 18.1. The molecule has 0 bridgehead atoms. The molecule has 0 spiro atoms. The molecule has 8 heterocycles. The van der Waals surface area contributed by atoms with E-state index < -0.39 is 0 Å². The lowest BCUT2D eigenvalue weighted by Gasteiger charge is -2.10. The summed E-state index contributed by atoms with van der Waals surface area (Å²) in [4.78, 5) is 17.3. The van der Waals surface area contributed by atoms with Crippen molar-refractivity contribution in [2.45, 2.75) is 68.5 Å². The Balaban J connectivity index is 0.000000173. The third kappa shape index (κ3) is 13.0. The van der Waals surface area contributed by atoms with Crippen LogP contribution in [0.3, 0.4) is 0 Å². The number of hydrogen-bond donors (Lipinski definition) is 2. The van der Waals surface area contributed by atoms with Crippen molar-refractivity contribution >= 4 is 28.8 Å². The van der Waals surface area contributed by atoms with Crippen LogP contribution in [0.25, 0.3) is 11.6 Å². The number of halogens is 1. The highest BCUT2D eigenvalue weighted by atomic mass is 35.5. The van der Waals surface area contributed by atoms with Crippen LogP contribution in [0.5, 0.6) is 23.3 Å². The molecular formula is C44H51ClN14O2. The minimum absolute atomic E-state index is 0.379. The third-order valence-corrected chi connectivity index (χ3v) is 8.52. The minimum atomic E-state index is 0.379. The normalized spacial score (nSPS) is 10.9. The molecule has 0 fully saturated rings. The molecule has 8 aromatic rings. The summed E-state index contributed by atoms with van der Waals surface area (Å²) in [5.74, 6) is 5.66. The zero-order valence-electron chi connectivity index (χ0n) is 35.6. The Morgan fingerprint density at radius 2 is 1.16 bits per heavy atom. The van der Waals surface area contributed by atoms with Crippen LogP contribution in [0.4, 0.5) is 17.2 Å². The SMILES string of the molecule is CC(C)Cn1cc(N)cn1.Cc1cccc(-n2nc(C)cc2Oc2ccnc(Cl)c2)n1.Cc1cccc(-n2nc(C)cc2Oc2ccnc(Nc3cnn(CC(C)C)c3)c2)n1. The predicted octanol–water partition coefficient (Wildman–Crippen LogP) is 9.51. The Kier molecular flexibility index (Phi) is 14.5. The summed E-state index contributed by atoms with van der Waals surface area (Å²) in [6, 6.07) is 22.3. The molecular weight excluding hydrogens is 792 g/mol. The number of nitrogens with two attached hydrogens (primary N) is 1. The maximum Gasteiger partial charge on any atom is 0.224 e. The Labute approximate surface area is 360 Å². The number of nitrogens with zero attached hydrogens (tertiary/aromatic N) is 12. The first-order valence-electron chi connectivity index (χ1n) is 19.8. The second kappa shape index (κ2) is 20.3. The van der Waals surface area contributed by atoms with E-state index in [0.717, 1.165) is 47.2 Å². The van der Waals surface area contributed by atoms with E-state index in [0.29, 0.717) is 57.7 Å². The molecule has 0 amide bonds. The molecule has 17 heteroatoms. The molecule has 8 rings (SSSR count). The van der Waals surface area contributed by atoms with Crippen molar-refractivity contribution in [1.82, 2.24) is 59.1 Å². The lowest BCUT2D eigenvalue weighted by molar-refractivity contribution is 0.442. The van der Waals surface area contributed by atoms with E-state index in [1.807, 2.05) is 110 Å². The molecule has 316 valence electrons. The van der Waals surface area contributed by atoms with Gasteiger partial charge in [0, 0.05) is 73.5 Å². The fraction of sp³-hybridized carbons (Fsp3) is 0.273. The summed E-state index contributed by atoms with van der Waals surface area (Å²) in [5.41, 5.74) is 10.6. The molecule has 0 saturated heterocycles. The van der Waals surface area contributed by atoms with Gasteiger partial charge in [-0.3, -0.25) is 9.36 Å². The van der Waals surface area contributed by atoms with E-state index in [2.05, 4.69) is 73.3 Å². The largest absolute Gasteiger partial charge is 0.439 e. The standard InChI is InChI=1S/C22H25N7O.C15H13ClN4O.C7H13N3/c1-15(2)13-28-14-18(12-24-28)26-20-11-19(8-9-23-20)30-22-10-17(4)27-29(22)21-7-5-6-16(3)25-21;1-10-4-3-5-14(18-10)20-15(8-11(2)19-20)21-12-6-7-17-13(16)9-12;1-6(2)4-10-5-7(8)3-9-10/h5-12,14-15H,13H2,1-4H3,(H,23,26);3-9H,1-2H3;3,5-6H,4,8H2,1-2H3. The van der Waals surface area contributed by atoms with E-state index in [9.17, 15) is 0 Å². The molecule has 0 radical (unpaired) electrons. The number of aromatic nitrogens is 12. The molecule has 0 aliphatic heterocycles. The van der Waals surface area contributed by atoms with E-state index in [1.165, 1.54) is 0 Å². The quantitative estimate of drug-likeness (QED) is 0.111. The lowest BCUT2D eigenvalue weighted by atomic mass is 10.2. The highest BCUT2D eigenvalue weighted by molar-refractivity contribution is 6.29. The highest BCUT2D eigenvalue weighted by Crippen LogP contribution is 2.28. The first kappa shape index (κ1) is 43.5. The summed E-state index contributed by atoms with van der Waals surface area (Å²) in [7, 11) is 0. The fourth-order valence-electron chi connectivity index (χ4n) is 5.85. The Hall–Kier alpha value is -7.07. The van der Waals surface area contributed by atoms with Crippen molar-refractivity contribution < 1.29 is 9.47 Å². The van der Waals surface area contributed by atoms with Crippen LogP contribution < -0.4 is 20.5 Å². The van der Waals surface area contributed by atoms with Gasteiger partial charge in [-0.15, -0.1) is 0 Å². The number of rotatable bonds is 12. The summed E-state index contributed by atoms with van der Waals surface area (Å²) >= 11 is 5.87. The van der Waals surface area contributed by atoms with Crippen LogP contribution in [-0.4, -0.2) is 59.1 Å². The molecule has 0 atom stereocenters. The monoisotopic (exact) mass is 842 g/mol. The number of hydrogen-bond acceptors (Lipinski definition) is 12. The smallest absolute Gasteiger partial charge is 0.224 e. The first-order valence-corrected chi connectivity index (χ1v) is 20.2. The van der Waals surface area contributed by atoms with Crippen LogP contribution in [0.15, 0.2) is 110 Å².